The van der Waals surface area contributed by atoms with Gasteiger partial charge < -0.3 is 14.8 Å². The number of nitrogens with zero attached hydrogens (tertiary/aromatic N) is 3. The number of rotatable bonds is 10. The van der Waals surface area contributed by atoms with Crippen LogP contribution in [-0.2, 0) is 17.8 Å². The summed E-state index contributed by atoms with van der Waals surface area (Å²) in [6.07, 6.45) is 3.80. The van der Waals surface area contributed by atoms with Crippen LogP contribution < -0.4 is 5.32 Å². The molecular formula is C24H25FN4O2. The lowest BCUT2D eigenvalue weighted by Crippen LogP contribution is -2.34. The number of halogens is 1. The summed E-state index contributed by atoms with van der Waals surface area (Å²) in [6, 6.07) is 13.0. The molecule has 0 aliphatic rings. The van der Waals surface area contributed by atoms with Crippen molar-refractivity contribution in [2.24, 2.45) is 0 Å². The van der Waals surface area contributed by atoms with E-state index in [1.165, 1.54) is 24.3 Å². The van der Waals surface area contributed by atoms with E-state index in [1.807, 2.05) is 28.8 Å². The maximum absolute atomic E-state index is 13.0. The molecule has 0 fully saturated rings. The lowest BCUT2D eigenvalue weighted by Gasteiger charge is -2.20. The Morgan fingerprint density at radius 2 is 1.74 bits per heavy atom. The molecule has 0 bridgehead atoms. The Morgan fingerprint density at radius 1 is 1.06 bits per heavy atom. The van der Waals surface area contributed by atoms with E-state index in [0.29, 0.717) is 37.4 Å². The van der Waals surface area contributed by atoms with Gasteiger partial charge >= 0.3 is 0 Å². The highest BCUT2D eigenvalue weighted by Gasteiger charge is 2.17. The van der Waals surface area contributed by atoms with Gasteiger partial charge in [0, 0.05) is 31.6 Å². The molecule has 6 nitrogen and oxygen atoms in total. The summed E-state index contributed by atoms with van der Waals surface area (Å²) in [4.78, 5) is 31.4. The van der Waals surface area contributed by atoms with Gasteiger partial charge in [-0.2, -0.15) is 0 Å². The maximum atomic E-state index is 13.0. The first-order chi connectivity index (χ1) is 15.0. The molecule has 0 atom stereocenters. The van der Waals surface area contributed by atoms with Crippen molar-refractivity contribution in [2.75, 3.05) is 19.6 Å². The number of aromatic nitrogens is 2. The molecule has 160 valence electrons. The summed E-state index contributed by atoms with van der Waals surface area (Å²) in [7, 11) is 0. The molecule has 0 radical (unpaired) electrons. The van der Waals surface area contributed by atoms with Crippen LogP contribution in [0, 0.1) is 5.82 Å². The Balaban J connectivity index is 1.75. The lowest BCUT2D eigenvalue weighted by atomic mass is 10.2. The molecule has 2 amide bonds. The van der Waals surface area contributed by atoms with Gasteiger partial charge in [-0.1, -0.05) is 24.3 Å². The van der Waals surface area contributed by atoms with Crippen molar-refractivity contribution >= 4 is 22.8 Å². The smallest absolute Gasteiger partial charge is 0.251 e. The fraction of sp³-hybridized carbons (Fsp3) is 0.208. The predicted octanol–water partition coefficient (Wildman–Crippen LogP) is 3.35. The van der Waals surface area contributed by atoms with E-state index in [4.69, 9.17) is 0 Å². The van der Waals surface area contributed by atoms with Crippen LogP contribution in [0.1, 0.15) is 16.2 Å². The zero-order valence-electron chi connectivity index (χ0n) is 17.3. The first-order valence-corrected chi connectivity index (χ1v) is 10.0. The van der Waals surface area contributed by atoms with Crippen LogP contribution in [0.25, 0.3) is 11.0 Å². The van der Waals surface area contributed by atoms with Gasteiger partial charge in [-0.3, -0.25) is 9.59 Å². The number of amides is 2. The molecule has 2 aromatic carbocycles. The van der Waals surface area contributed by atoms with Gasteiger partial charge in [-0.05, 0) is 36.4 Å². The molecule has 0 saturated heterocycles. The average molecular weight is 420 g/mol. The van der Waals surface area contributed by atoms with E-state index in [-0.39, 0.29) is 18.4 Å². The average Bonchev–Trinajstić information content (AvgIpc) is 3.11. The number of carbonyl (C=O) groups excluding carboxylic acids is 2. The topological polar surface area (TPSA) is 67.2 Å². The molecule has 0 unspecified atom stereocenters. The van der Waals surface area contributed by atoms with E-state index < -0.39 is 5.82 Å². The molecule has 1 heterocycles. The third kappa shape index (κ3) is 5.45. The van der Waals surface area contributed by atoms with E-state index in [2.05, 4.69) is 23.5 Å². The largest absolute Gasteiger partial charge is 0.352 e. The number of benzene rings is 2. The first kappa shape index (κ1) is 22.0. The van der Waals surface area contributed by atoms with Crippen LogP contribution in [0.5, 0.6) is 0 Å². The highest BCUT2D eigenvalue weighted by molar-refractivity contribution is 5.94. The lowest BCUT2D eigenvalue weighted by molar-refractivity contribution is -0.130. The van der Waals surface area contributed by atoms with Crippen molar-refractivity contribution < 1.29 is 14.0 Å². The van der Waals surface area contributed by atoms with Crippen LogP contribution in [0.3, 0.4) is 0 Å². The van der Waals surface area contributed by atoms with Crippen LogP contribution in [0.2, 0.25) is 0 Å². The number of fused-ring (bicyclic) bond motifs is 1. The second kappa shape index (κ2) is 10.3. The summed E-state index contributed by atoms with van der Waals surface area (Å²) < 4.78 is 14.9. The van der Waals surface area contributed by atoms with Crippen molar-refractivity contribution in [3.05, 3.63) is 91.0 Å². The van der Waals surface area contributed by atoms with Crippen molar-refractivity contribution in [1.82, 2.24) is 19.8 Å². The van der Waals surface area contributed by atoms with Crippen LogP contribution in [-0.4, -0.2) is 45.9 Å². The minimum atomic E-state index is -0.392. The molecule has 1 N–H and O–H groups in total. The SMILES string of the molecule is C=CCN(CC=C)C(=O)Cn1c(CCNC(=O)c2ccc(F)cc2)nc2ccccc21. The molecular weight excluding hydrogens is 395 g/mol. The molecule has 0 saturated carbocycles. The van der Waals surface area contributed by atoms with Gasteiger partial charge in [0.05, 0.1) is 11.0 Å². The fourth-order valence-electron chi connectivity index (χ4n) is 3.31. The summed E-state index contributed by atoms with van der Waals surface area (Å²) in [5.41, 5.74) is 2.02. The summed E-state index contributed by atoms with van der Waals surface area (Å²) in [5.74, 6) is -0.0515. The minimum absolute atomic E-state index is 0.0699. The molecule has 3 rings (SSSR count). The van der Waals surface area contributed by atoms with Crippen molar-refractivity contribution in [3.8, 4) is 0 Å². The third-order valence-corrected chi connectivity index (χ3v) is 4.82. The van der Waals surface area contributed by atoms with E-state index in [0.717, 1.165) is 11.0 Å². The van der Waals surface area contributed by atoms with E-state index in [1.54, 1.807) is 17.1 Å². The highest BCUT2D eigenvalue weighted by atomic mass is 19.1. The van der Waals surface area contributed by atoms with Crippen molar-refractivity contribution in [3.63, 3.8) is 0 Å². The van der Waals surface area contributed by atoms with E-state index in [9.17, 15) is 14.0 Å². The molecule has 0 aliphatic carbocycles. The summed E-state index contributed by atoms with van der Waals surface area (Å²) in [5, 5.41) is 2.82. The number of para-hydroxylation sites is 2. The highest BCUT2D eigenvalue weighted by Crippen LogP contribution is 2.17. The molecule has 0 spiro atoms. The standard InChI is InChI=1S/C24H25FN4O2/c1-3-15-28(16-4-2)23(30)17-29-21-8-6-5-7-20(21)27-22(29)13-14-26-24(31)18-9-11-19(25)12-10-18/h3-12H,1-2,13-17H2,(H,26,31). The zero-order valence-corrected chi connectivity index (χ0v) is 17.3. The Labute approximate surface area is 180 Å². The number of hydrogen-bond donors (Lipinski definition) is 1. The number of hydrogen-bond acceptors (Lipinski definition) is 3. The van der Waals surface area contributed by atoms with Crippen molar-refractivity contribution in [1.29, 1.82) is 0 Å². The number of imidazole rings is 1. The fourth-order valence-corrected chi connectivity index (χ4v) is 3.31. The Bertz CT molecular complexity index is 1080. The molecule has 7 heteroatoms. The third-order valence-electron chi connectivity index (χ3n) is 4.82. The second-order valence-electron chi connectivity index (χ2n) is 6.99. The van der Waals surface area contributed by atoms with Crippen molar-refractivity contribution in [2.45, 2.75) is 13.0 Å². The van der Waals surface area contributed by atoms with Gasteiger partial charge in [-0.25, -0.2) is 9.37 Å². The minimum Gasteiger partial charge on any atom is -0.352 e. The van der Waals surface area contributed by atoms with Gasteiger partial charge in [0.15, 0.2) is 0 Å². The van der Waals surface area contributed by atoms with Crippen LogP contribution >= 0.6 is 0 Å². The zero-order chi connectivity index (χ0) is 22.2. The van der Waals surface area contributed by atoms with Gasteiger partial charge in [0.2, 0.25) is 5.91 Å². The first-order valence-electron chi connectivity index (χ1n) is 10.0. The maximum Gasteiger partial charge on any atom is 0.251 e. The molecule has 31 heavy (non-hydrogen) atoms. The molecule has 0 aliphatic heterocycles. The number of nitrogens with one attached hydrogen (secondary N) is 1. The predicted molar refractivity (Wildman–Crippen MR) is 119 cm³/mol. The second-order valence-corrected chi connectivity index (χ2v) is 6.99. The van der Waals surface area contributed by atoms with Gasteiger partial charge in [0.25, 0.3) is 5.91 Å². The van der Waals surface area contributed by atoms with E-state index >= 15 is 0 Å². The normalized spacial score (nSPS) is 10.6. The van der Waals surface area contributed by atoms with Crippen LogP contribution in [0.4, 0.5) is 4.39 Å². The van der Waals surface area contributed by atoms with Gasteiger partial charge in [0.1, 0.15) is 18.2 Å². The van der Waals surface area contributed by atoms with Gasteiger partial charge in [-0.15, -0.1) is 13.2 Å². The van der Waals surface area contributed by atoms with Crippen LogP contribution in [0.15, 0.2) is 73.8 Å². The Hall–Kier alpha value is -3.74. The molecule has 1 aromatic heterocycles. The number of carbonyl (C=O) groups is 2. The monoisotopic (exact) mass is 420 g/mol. The Morgan fingerprint density at radius 3 is 2.42 bits per heavy atom. The quantitative estimate of drug-likeness (QED) is 0.512. The summed E-state index contributed by atoms with van der Waals surface area (Å²) in [6.45, 7) is 8.74. The summed E-state index contributed by atoms with van der Waals surface area (Å²) >= 11 is 0. The Kier molecular flexibility index (Phi) is 7.32. The molecule has 3 aromatic rings.